The fourth-order valence-corrected chi connectivity index (χ4v) is 2.66. The molecular formula is C10H15N3O. The standard InChI is InChI=1S/C10H15N3O/c1-14-7-4-10(5-7)9-8(2-3-13-10)11-6-12-9/h6-7,13H,2-5H2,1H3,(H,11,12). The van der Waals surface area contributed by atoms with Gasteiger partial charge in [0.15, 0.2) is 0 Å². The largest absolute Gasteiger partial charge is 0.381 e. The number of hydrogen-bond acceptors (Lipinski definition) is 3. The Labute approximate surface area is 83.1 Å². The van der Waals surface area contributed by atoms with Crippen LogP contribution in [0.2, 0.25) is 0 Å². The molecule has 14 heavy (non-hydrogen) atoms. The van der Waals surface area contributed by atoms with Crippen LogP contribution in [0.5, 0.6) is 0 Å². The number of H-pyrrole nitrogens is 1. The van der Waals surface area contributed by atoms with E-state index in [0.717, 1.165) is 25.8 Å². The Bertz CT molecular complexity index is 341. The molecule has 1 aliphatic carbocycles. The molecule has 1 fully saturated rings. The lowest BCUT2D eigenvalue weighted by Crippen LogP contribution is -2.58. The quantitative estimate of drug-likeness (QED) is 0.685. The normalized spacial score (nSPS) is 35.4. The third kappa shape index (κ3) is 0.980. The lowest BCUT2D eigenvalue weighted by atomic mass is 9.70. The van der Waals surface area contributed by atoms with E-state index < -0.39 is 0 Å². The summed E-state index contributed by atoms with van der Waals surface area (Å²) < 4.78 is 5.33. The Morgan fingerprint density at radius 1 is 1.57 bits per heavy atom. The summed E-state index contributed by atoms with van der Waals surface area (Å²) in [7, 11) is 1.78. The van der Waals surface area contributed by atoms with Crippen LogP contribution >= 0.6 is 0 Å². The highest BCUT2D eigenvalue weighted by Crippen LogP contribution is 2.44. The van der Waals surface area contributed by atoms with Crippen LogP contribution in [-0.4, -0.2) is 29.7 Å². The zero-order valence-electron chi connectivity index (χ0n) is 8.34. The molecule has 1 aliphatic heterocycles. The molecule has 0 atom stereocenters. The average Bonchev–Trinajstić information content (AvgIpc) is 2.61. The Morgan fingerprint density at radius 3 is 3.21 bits per heavy atom. The van der Waals surface area contributed by atoms with Crippen molar-refractivity contribution in [2.45, 2.75) is 30.9 Å². The van der Waals surface area contributed by atoms with E-state index in [4.69, 9.17) is 4.74 Å². The van der Waals surface area contributed by atoms with E-state index in [2.05, 4.69) is 15.3 Å². The first-order valence-electron chi connectivity index (χ1n) is 5.15. The predicted molar refractivity (Wildman–Crippen MR) is 52.0 cm³/mol. The summed E-state index contributed by atoms with van der Waals surface area (Å²) in [5, 5.41) is 3.58. The van der Waals surface area contributed by atoms with E-state index in [9.17, 15) is 0 Å². The average molecular weight is 193 g/mol. The van der Waals surface area contributed by atoms with Gasteiger partial charge in [-0.15, -0.1) is 0 Å². The molecule has 1 spiro atoms. The number of nitrogens with one attached hydrogen (secondary N) is 2. The Balaban J connectivity index is 1.91. The maximum atomic E-state index is 5.33. The van der Waals surface area contributed by atoms with Crippen molar-refractivity contribution >= 4 is 0 Å². The van der Waals surface area contributed by atoms with Crippen molar-refractivity contribution in [1.29, 1.82) is 0 Å². The second-order valence-corrected chi connectivity index (χ2v) is 4.25. The molecule has 0 bridgehead atoms. The Morgan fingerprint density at radius 2 is 2.43 bits per heavy atom. The van der Waals surface area contributed by atoms with Gasteiger partial charge in [-0.05, 0) is 12.8 Å². The van der Waals surface area contributed by atoms with Crippen LogP contribution in [0.4, 0.5) is 0 Å². The first-order chi connectivity index (χ1) is 6.84. The van der Waals surface area contributed by atoms with Gasteiger partial charge in [-0.3, -0.25) is 0 Å². The number of aromatic amines is 1. The number of imidazole rings is 1. The summed E-state index contributed by atoms with van der Waals surface area (Å²) in [5.74, 6) is 0. The Kier molecular flexibility index (Phi) is 1.69. The lowest BCUT2D eigenvalue weighted by molar-refractivity contribution is -0.0373. The van der Waals surface area contributed by atoms with Crippen LogP contribution in [0.1, 0.15) is 24.2 Å². The van der Waals surface area contributed by atoms with Gasteiger partial charge >= 0.3 is 0 Å². The van der Waals surface area contributed by atoms with E-state index >= 15 is 0 Å². The van der Waals surface area contributed by atoms with Crippen molar-refractivity contribution < 1.29 is 4.74 Å². The van der Waals surface area contributed by atoms with Gasteiger partial charge in [-0.2, -0.15) is 0 Å². The molecule has 0 radical (unpaired) electrons. The third-order valence-corrected chi connectivity index (χ3v) is 3.50. The predicted octanol–water partition coefficient (Wildman–Crippen LogP) is 0.559. The van der Waals surface area contributed by atoms with Crippen molar-refractivity contribution in [3.8, 4) is 0 Å². The minimum atomic E-state index is 0.119. The van der Waals surface area contributed by atoms with E-state index in [1.165, 1.54) is 11.4 Å². The highest BCUT2D eigenvalue weighted by atomic mass is 16.5. The van der Waals surface area contributed by atoms with Gasteiger partial charge < -0.3 is 15.0 Å². The van der Waals surface area contributed by atoms with Crippen LogP contribution in [0.25, 0.3) is 0 Å². The van der Waals surface area contributed by atoms with E-state index in [1.54, 1.807) is 13.4 Å². The minimum Gasteiger partial charge on any atom is -0.381 e. The van der Waals surface area contributed by atoms with Gasteiger partial charge in [-0.1, -0.05) is 0 Å². The molecule has 1 saturated carbocycles. The van der Waals surface area contributed by atoms with Gasteiger partial charge in [0.05, 0.1) is 23.7 Å². The summed E-state index contributed by atoms with van der Waals surface area (Å²) in [6, 6.07) is 0. The van der Waals surface area contributed by atoms with Gasteiger partial charge in [0.25, 0.3) is 0 Å². The number of hydrogen-bond donors (Lipinski definition) is 2. The van der Waals surface area contributed by atoms with E-state index in [-0.39, 0.29) is 5.54 Å². The first-order valence-corrected chi connectivity index (χ1v) is 5.15. The summed E-state index contributed by atoms with van der Waals surface area (Å²) in [4.78, 5) is 7.65. The maximum Gasteiger partial charge on any atom is 0.0926 e. The second-order valence-electron chi connectivity index (χ2n) is 4.25. The third-order valence-electron chi connectivity index (χ3n) is 3.50. The molecule has 4 heteroatoms. The minimum absolute atomic E-state index is 0.119. The SMILES string of the molecule is COC1CC2(C1)NCCc1[nH]cnc12. The molecule has 2 N–H and O–H groups in total. The lowest BCUT2D eigenvalue weighted by Gasteiger charge is -2.48. The highest BCUT2D eigenvalue weighted by Gasteiger charge is 2.49. The Hall–Kier alpha value is -0.870. The number of ether oxygens (including phenoxy) is 1. The monoisotopic (exact) mass is 193 g/mol. The van der Waals surface area contributed by atoms with Crippen molar-refractivity contribution in [3.63, 3.8) is 0 Å². The summed E-state index contributed by atoms with van der Waals surface area (Å²) in [6.45, 7) is 1.05. The first kappa shape index (κ1) is 8.44. The van der Waals surface area contributed by atoms with E-state index in [0.29, 0.717) is 6.10 Å². The summed E-state index contributed by atoms with van der Waals surface area (Å²) in [5.41, 5.74) is 2.64. The van der Waals surface area contributed by atoms with Gasteiger partial charge in [0.1, 0.15) is 0 Å². The number of aromatic nitrogens is 2. The van der Waals surface area contributed by atoms with Crippen LogP contribution in [0, 0.1) is 0 Å². The molecule has 3 rings (SSSR count). The summed E-state index contributed by atoms with van der Waals surface area (Å²) in [6.07, 6.45) is 5.39. The fraction of sp³-hybridized carbons (Fsp3) is 0.700. The smallest absolute Gasteiger partial charge is 0.0926 e. The number of fused-ring (bicyclic) bond motifs is 2. The van der Waals surface area contributed by atoms with E-state index in [1.807, 2.05) is 0 Å². The molecule has 0 amide bonds. The van der Waals surface area contributed by atoms with Crippen LogP contribution in [0.3, 0.4) is 0 Å². The summed E-state index contributed by atoms with van der Waals surface area (Å²) >= 11 is 0. The number of rotatable bonds is 1. The van der Waals surface area contributed by atoms with Crippen molar-refractivity contribution in [2.75, 3.05) is 13.7 Å². The maximum absolute atomic E-state index is 5.33. The fourth-order valence-electron chi connectivity index (χ4n) is 2.66. The molecule has 0 saturated heterocycles. The molecule has 76 valence electrons. The van der Waals surface area contributed by atoms with Crippen molar-refractivity contribution in [2.24, 2.45) is 0 Å². The molecule has 4 nitrogen and oxygen atoms in total. The number of methoxy groups -OCH3 is 1. The number of nitrogens with zero attached hydrogens (tertiary/aromatic N) is 1. The highest BCUT2D eigenvalue weighted by molar-refractivity contribution is 5.29. The second kappa shape index (κ2) is 2.81. The van der Waals surface area contributed by atoms with Gasteiger partial charge in [0, 0.05) is 25.8 Å². The molecule has 1 aromatic heterocycles. The van der Waals surface area contributed by atoms with Gasteiger partial charge in [0.2, 0.25) is 0 Å². The zero-order chi connectivity index (χ0) is 9.60. The van der Waals surface area contributed by atoms with Crippen molar-refractivity contribution in [3.05, 3.63) is 17.7 Å². The topological polar surface area (TPSA) is 49.9 Å². The van der Waals surface area contributed by atoms with Crippen LogP contribution in [0.15, 0.2) is 6.33 Å². The van der Waals surface area contributed by atoms with Crippen LogP contribution < -0.4 is 5.32 Å². The van der Waals surface area contributed by atoms with Crippen LogP contribution in [-0.2, 0) is 16.7 Å². The molecule has 2 heterocycles. The molecular weight excluding hydrogens is 178 g/mol. The van der Waals surface area contributed by atoms with Gasteiger partial charge in [-0.25, -0.2) is 4.98 Å². The van der Waals surface area contributed by atoms with Crippen molar-refractivity contribution in [1.82, 2.24) is 15.3 Å². The molecule has 0 aromatic carbocycles. The molecule has 0 unspecified atom stereocenters. The molecule has 2 aliphatic rings. The molecule has 1 aromatic rings. The zero-order valence-corrected chi connectivity index (χ0v) is 8.34.